The van der Waals surface area contributed by atoms with Crippen molar-refractivity contribution >= 4 is 27.5 Å². The SMILES string of the molecule is CCC(C)NC(=O)C(Cc1ccccc1)N(Cc1ccc(C)cc1)C(=O)CN(c1ccccc1C(C)C)S(C)(=O)=O. The van der Waals surface area contributed by atoms with Crippen LogP contribution in [0.1, 0.15) is 62.3 Å². The molecule has 8 heteroatoms. The molecule has 0 spiro atoms. The zero-order valence-corrected chi connectivity index (χ0v) is 25.8. The van der Waals surface area contributed by atoms with Crippen molar-refractivity contribution < 1.29 is 18.0 Å². The van der Waals surface area contributed by atoms with Gasteiger partial charge in [0, 0.05) is 19.0 Å². The van der Waals surface area contributed by atoms with Gasteiger partial charge in [0.2, 0.25) is 21.8 Å². The molecule has 3 rings (SSSR count). The monoisotopic (exact) mass is 577 g/mol. The van der Waals surface area contributed by atoms with E-state index in [2.05, 4.69) is 5.32 Å². The molecule has 2 amide bonds. The molecule has 0 saturated carbocycles. The third-order valence-electron chi connectivity index (χ3n) is 7.25. The normalized spacial score (nSPS) is 13.0. The molecule has 0 fully saturated rings. The molecule has 0 bridgehead atoms. The Balaban J connectivity index is 2.09. The van der Waals surface area contributed by atoms with Crippen LogP contribution in [0.4, 0.5) is 5.69 Å². The van der Waals surface area contributed by atoms with Crippen molar-refractivity contribution in [3.05, 3.63) is 101 Å². The van der Waals surface area contributed by atoms with Crippen LogP contribution in [-0.2, 0) is 32.6 Å². The summed E-state index contributed by atoms with van der Waals surface area (Å²) in [6.07, 6.45) is 2.14. The van der Waals surface area contributed by atoms with Crippen LogP contribution in [-0.4, -0.2) is 50.0 Å². The largest absolute Gasteiger partial charge is 0.352 e. The van der Waals surface area contributed by atoms with Crippen LogP contribution in [0.3, 0.4) is 0 Å². The summed E-state index contributed by atoms with van der Waals surface area (Å²) in [6, 6.07) is 23.7. The first-order chi connectivity index (χ1) is 19.4. The Morgan fingerprint density at radius 2 is 1.46 bits per heavy atom. The molecule has 7 nitrogen and oxygen atoms in total. The third-order valence-corrected chi connectivity index (χ3v) is 8.38. The maximum atomic E-state index is 14.3. The molecular weight excluding hydrogens is 534 g/mol. The van der Waals surface area contributed by atoms with Gasteiger partial charge in [-0.1, -0.05) is 99.1 Å². The highest BCUT2D eigenvalue weighted by Crippen LogP contribution is 2.29. The quantitative estimate of drug-likeness (QED) is 0.293. The van der Waals surface area contributed by atoms with Gasteiger partial charge in [-0.2, -0.15) is 0 Å². The van der Waals surface area contributed by atoms with Gasteiger partial charge in [-0.15, -0.1) is 0 Å². The van der Waals surface area contributed by atoms with Crippen molar-refractivity contribution in [1.29, 1.82) is 0 Å². The minimum atomic E-state index is -3.82. The van der Waals surface area contributed by atoms with E-state index in [1.807, 2.05) is 101 Å². The van der Waals surface area contributed by atoms with E-state index >= 15 is 0 Å². The minimum absolute atomic E-state index is 0.0429. The van der Waals surface area contributed by atoms with E-state index in [-0.39, 0.29) is 24.4 Å². The zero-order chi connectivity index (χ0) is 30.2. The fourth-order valence-corrected chi connectivity index (χ4v) is 5.55. The highest BCUT2D eigenvalue weighted by atomic mass is 32.2. The van der Waals surface area contributed by atoms with E-state index in [4.69, 9.17) is 0 Å². The van der Waals surface area contributed by atoms with Crippen LogP contribution in [0.2, 0.25) is 0 Å². The van der Waals surface area contributed by atoms with Crippen molar-refractivity contribution in [3.8, 4) is 0 Å². The molecule has 3 aromatic rings. The first-order valence-corrected chi connectivity index (χ1v) is 16.0. The lowest BCUT2D eigenvalue weighted by Crippen LogP contribution is -2.54. The van der Waals surface area contributed by atoms with Crippen molar-refractivity contribution in [2.24, 2.45) is 0 Å². The Labute approximate surface area is 245 Å². The van der Waals surface area contributed by atoms with Crippen molar-refractivity contribution in [1.82, 2.24) is 10.2 Å². The van der Waals surface area contributed by atoms with Crippen LogP contribution in [0, 0.1) is 6.92 Å². The highest BCUT2D eigenvalue weighted by Gasteiger charge is 2.34. The summed E-state index contributed by atoms with van der Waals surface area (Å²) in [7, 11) is -3.82. The average molecular weight is 578 g/mol. The van der Waals surface area contributed by atoms with E-state index in [9.17, 15) is 18.0 Å². The van der Waals surface area contributed by atoms with E-state index in [1.165, 1.54) is 9.21 Å². The molecular formula is C33H43N3O4S. The number of para-hydroxylation sites is 1. The Morgan fingerprint density at radius 1 is 0.854 bits per heavy atom. The molecule has 220 valence electrons. The summed E-state index contributed by atoms with van der Waals surface area (Å²) in [5, 5.41) is 3.05. The molecule has 2 atom stereocenters. The second-order valence-corrected chi connectivity index (χ2v) is 12.9. The number of anilines is 1. The summed E-state index contributed by atoms with van der Waals surface area (Å²) in [5.41, 5.74) is 4.13. The summed E-state index contributed by atoms with van der Waals surface area (Å²) < 4.78 is 27.4. The first-order valence-electron chi connectivity index (χ1n) is 14.2. The van der Waals surface area contributed by atoms with Gasteiger partial charge in [0.05, 0.1) is 11.9 Å². The number of rotatable bonds is 13. The Morgan fingerprint density at radius 3 is 2.05 bits per heavy atom. The predicted molar refractivity (Wildman–Crippen MR) is 166 cm³/mol. The number of hydrogen-bond acceptors (Lipinski definition) is 4. The second-order valence-electron chi connectivity index (χ2n) is 11.0. The van der Waals surface area contributed by atoms with Gasteiger partial charge in [-0.05, 0) is 48.9 Å². The smallest absolute Gasteiger partial charge is 0.244 e. The Kier molecular flexibility index (Phi) is 11.1. The second kappa shape index (κ2) is 14.3. The number of amides is 2. The maximum Gasteiger partial charge on any atom is 0.244 e. The topological polar surface area (TPSA) is 86.8 Å². The molecule has 0 aliphatic heterocycles. The summed E-state index contributed by atoms with van der Waals surface area (Å²) in [5.74, 6) is -0.673. The van der Waals surface area contributed by atoms with E-state index in [0.717, 1.165) is 34.9 Å². The van der Waals surface area contributed by atoms with Crippen molar-refractivity contribution in [3.63, 3.8) is 0 Å². The van der Waals surface area contributed by atoms with Gasteiger partial charge in [-0.3, -0.25) is 13.9 Å². The van der Waals surface area contributed by atoms with Crippen LogP contribution < -0.4 is 9.62 Å². The van der Waals surface area contributed by atoms with E-state index in [0.29, 0.717) is 12.1 Å². The number of carbonyl (C=O) groups is 2. The maximum absolute atomic E-state index is 14.3. The lowest BCUT2D eigenvalue weighted by Gasteiger charge is -2.34. The lowest BCUT2D eigenvalue weighted by atomic mass is 10.0. The molecule has 1 N–H and O–H groups in total. The van der Waals surface area contributed by atoms with Gasteiger partial charge in [0.15, 0.2) is 0 Å². The summed E-state index contributed by atoms with van der Waals surface area (Å²) >= 11 is 0. The molecule has 3 aromatic carbocycles. The van der Waals surface area contributed by atoms with Crippen LogP contribution in [0.5, 0.6) is 0 Å². The van der Waals surface area contributed by atoms with E-state index in [1.54, 1.807) is 12.1 Å². The van der Waals surface area contributed by atoms with Gasteiger partial charge >= 0.3 is 0 Å². The number of sulfonamides is 1. The summed E-state index contributed by atoms with van der Waals surface area (Å²) in [6.45, 7) is 9.62. The number of benzene rings is 3. The molecule has 0 radical (unpaired) electrons. The Hall–Kier alpha value is -3.65. The minimum Gasteiger partial charge on any atom is -0.352 e. The van der Waals surface area contributed by atoms with Gasteiger partial charge in [-0.25, -0.2) is 8.42 Å². The standard InChI is InChI=1S/C33H43N3O4S/c1-7-26(5)34-33(38)31(21-27-13-9-8-10-14-27)35(22-28-19-17-25(4)18-20-28)32(37)23-36(41(6,39)40)30-16-12-11-15-29(30)24(2)3/h8-20,24,26,31H,7,21-23H2,1-6H3,(H,34,38). The van der Waals surface area contributed by atoms with Gasteiger partial charge in [0.25, 0.3) is 0 Å². The molecule has 41 heavy (non-hydrogen) atoms. The van der Waals surface area contributed by atoms with Crippen molar-refractivity contribution in [2.75, 3.05) is 17.1 Å². The molecule has 2 unspecified atom stereocenters. The average Bonchev–Trinajstić information content (AvgIpc) is 2.94. The molecule has 0 aliphatic rings. The van der Waals surface area contributed by atoms with Gasteiger partial charge < -0.3 is 10.2 Å². The fraction of sp³-hybridized carbons (Fsp3) is 0.394. The summed E-state index contributed by atoms with van der Waals surface area (Å²) in [4.78, 5) is 29.6. The van der Waals surface area contributed by atoms with Crippen LogP contribution in [0.15, 0.2) is 78.9 Å². The predicted octanol–water partition coefficient (Wildman–Crippen LogP) is 5.44. The van der Waals surface area contributed by atoms with Crippen LogP contribution >= 0.6 is 0 Å². The molecule has 0 aliphatic carbocycles. The zero-order valence-electron chi connectivity index (χ0n) is 25.0. The number of nitrogens with one attached hydrogen (secondary N) is 1. The van der Waals surface area contributed by atoms with E-state index < -0.39 is 28.5 Å². The van der Waals surface area contributed by atoms with Gasteiger partial charge in [0.1, 0.15) is 12.6 Å². The fourth-order valence-electron chi connectivity index (χ4n) is 4.68. The Bertz CT molecular complexity index is 1410. The highest BCUT2D eigenvalue weighted by molar-refractivity contribution is 7.92. The third kappa shape index (κ3) is 8.92. The molecule has 0 aromatic heterocycles. The lowest BCUT2D eigenvalue weighted by molar-refractivity contribution is -0.140. The number of hydrogen-bond donors (Lipinski definition) is 1. The first kappa shape index (κ1) is 31.9. The van der Waals surface area contributed by atoms with Crippen molar-refractivity contribution in [2.45, 2.75) is 72.0 Å². The molecule has 0 heterocycles. The van der Waals surface area contributed by atoms with Crippen LogP contribution in [0.25, 0.3) is 0 Å². The number of nitrogens with zero attached hydrogens (tertiary/aromatic N) is 2. The number of carbonyl (C=O) groups excluding carboxylic acids is 2. The number of aryl methyl sites for hydroxylation is 1. The molecule has 0 saturated heterocycles.